The van der Waals surface area contributed by atoms with Crippen LogP contribution in [0.1, 0.15) is 5.56 Å². The smallest absolute Gasteiger partial charge is 0.353 e. The summed E-state index contributed by atoms with van der Waals surface area (Å²) >= 11 is 6.00. The Balaban J connectivity index is 1.50. The number of benzene rings is 1. The summed E-state index contributed by atoms with van der Waals surface area (Å²) in [6.07, 6.45) is -3.70. The lowest BCUT2D eigenvalue weighted by Gasteiger charge is -2.35. The van der Waals surface area contributed by atoms with Crippen LogP contribution in [0.3, 0.4) is 0 Å². The van der Waals surface area contributed by atoms with Crippen molar-refractivity contribution < 1.29 is 21.6 Å². The molecular formula is C18H20ClF3N4O2S. The Kier molecular flexibility index (Phi) is 6.67. The first-order valence-electron chi connectivity index (χ1n) is 8.91. The quantitative estimate of drug-likeness (QED) is 0.736. The van der Waals surface area contributed by atoms with Crippen LogP contribution >= 0.6 is 11.6 Å². The predicted octanol–water partition coefficient (Wildman–Crippen LogP) is 2.85. The van der Waals surface area contributed by atoms with Crippen LogP contribution in [0.4, 0.5) is 19.0 Å². The van der Waals surface area contributed by atoms with E-state index in [9.17, 15) is 21.6 Å². The molecule has 1 saturated heterocycles. The van der Waals surface area contributed by atoms with Gasteiger partial charge >= 0.3 is 6.18 Å². The van der Waals surface area contributed by atoms with Crippen molar-refractivity contribution in [3.8, 4) is 0 Å². The van der Waals surface area contributed by atoms with Gasteiger partial charge in [-0.2, -0.15) is 13.2 Å². The number of nitrogens with one attached hydrogen (secondary N) is 1. The maximum Gasteiger partial charge on any atom is 0.417 e. The summed E-state index contributed by atoms with van der Waals surface area (Å²) < 4.78 is 65.2. The number of pyridine rings is 1. The second kappa shape index (κ2) is 8.86. The second-order valence-corrected chi connectivity index (χ2v) is 8.74. The fourth-order valence-corrected chi connectivity index (χ4v) is 4.35. The van der Waals surface area contributed by atoms with E-state index in [0.29, 0.717) is 38.5 Å². The van der Waals surface area contributed by atoms with E-state index in [4.69, 9.17) is 11.6 Å². The lowest BCUT2D eigenvalue weighted by molar-refractivity contribution is -0.137. The average molecular weight is 449 g/mol. The van der Waals surface area contributed by atoms with Gasteiger partial charge in [0.05, 0.1) is 15.5 Å². The molecule has 6 nitrogen and oxygen atoms in total. The molecule has 0 saturated carbocycles. The van der Waals surface area contributed by atoms with E-state index in [-0.39, 0.29) is 16.5 Å². The minimum Gasteiger partial charge on any atom is -0.353 e. The summed E-state index contributed by atoms with van der Waals surface area (Å²) in [6.45, 7) is 3.08. The van der Waals surface area contributed by atoms with Crippen molar-refractivity contribution in [2.24, 2.45) is 0 Å². The summed E-state index contributed by atoms with van der Waals surface area (Å²) in [5.74, 6) is 0.323. The van der Waals surface area contributed by atoms with Crippen LogP contribution in [0.2, 0.25) is 5.02 Å². The molecule has 1 aromatic carbocycles. The summed E-state index contributed by atoms with van der Waals surface area (Å²) in [5.41, 5.74) is -0.879. The van der Waals surface area contributed by atoms with Gasteiger partial charge in [0.1, 0.15) is 5.82 Å². The third kappa shape index (κ3) is 5.59. The van der Waals surface area contributed by atoms with Gasteiger partial charge in [-0.05, 0) is 18.2 Å². The minimum atomic E-state index is -4.49. The normalized spacial score (nSPS) is 16.2. The molecule has 1 aliphatic heterocycles. The fraction of sp³-hybridized carbons (Fsp3) is 0.389. The van der Waals surface area contributed by atoms with Gasteiger partial charge < -0.3 is 4.90 Å². The van der Waals surface area contributed by atoms with Crippen molar-refractivity contribution in [3.63, 3.8) is 0 Å². The molecule has 0 radical (unpaired) electrons. The van der Waals surface area contributed by atoms with E-state index in [0.717, 1.165) is 12.3 Å². The number of aromatic nitrogens is 1. The molecule has 0 aliphatic carbocycles. The second-order valence-electron chi connectivity index (χ2n) is 6.57. The van der Waals surface area contributed by atoms with E-state index >= 15 is 0 Å². The van der Waals surface area contributed by atoms with Crippen molar-refractivity contribution in [1.29, 1.82) is 0 Å². The Morgan fingerprint density at radius 2 is 1.76 bits per heavy atom. The molecule has 158 valence electrons. The molecule has 1 aliphatic rings. The van der Waals surface area contributed by atoms with Crippen LogP contribution in [-0.2, 0) is 16.2 Å². The SMILES string of the molecule is O=S(=O)(NCCN1CCN(c2ncc(C(F)(F)F)cc2Cl)CC1)c1ccccc1. The molecular weight excluding hydrogens is 429 g/mol. The van der Waals surface area contributed by atoms with Gasteiger partial charge in [-0.15, -0.1) is 0 Å². The third-order valence-corrected chi connectivity index (χ3v) is 6.35. The van der Waals surface area contributed by atoms with Crippen LogP contribution in [-0.4, -0.2) is 57.6 Å². The number of anilines is 1. The third-order valence-electron chi connectivity index (χ3n) is 4.59. The highest BCUT2D eigenvalue weighted by Gasteiger charge is 2.32. The fourth-order valence-electron chi connectivity index (χ4n) is 3.02. The Bertz CT molecular complexity index is 934. The molecule has 1 aromatic heterocycles. The molecule has 11 heteroatoms. The van der Waals surface area contributed by atoms with Crippen molar-refractivity contribution in [3.05, 3.63) is 53.2 Å². The van der Waals surface area contributed by atoms with Gasteiger partial charge in [0.15, 0.2) is 0 Å². The summed E-state index contributed by atoms with van der Waals surface area (Å²) in [4.78, 5) is 8.00. The number of hydrogen-bond donors (Lipinski definition) is 1. The Morgan fingerprint density at radius 1 is 1.10 bits per heavy atom. The first-order valence-corrected chi connectivity index (χ1v) is 10.8. The van der Waals surface area contributed by atoms with E-state index in [1.807, 2.05) is 4.90 Å². The van der Waals surface area contributed by atoms with Crippen LogP contribution in [0.5, 0.6) is 0 Å². The highest BCUT2D eigenvalue weighted by molar-refractivity contribution is 7.89. The van der Waals surface area contributed by atoms with Crippen LogP contribution in [0.25, 0.3) is 0 Å². The molecule has 2 aromatic rings. The first-order chi connectivity index (χ1) is 13.7. The maximum absolute atomic E-state index is 12.7. The summed E-state index contributed by atoms with van der Waals surface area (Å²) in [6, 6.07) is 9.01. The Morgan fingerprint density at radius 3 is 2.34 bits per heavy atom. The zero-order valence-electron chi connectivity index (χ0n) is 15.4. The van der Waals surface area contributed by atoms with Crippen molar-refractivity contribution in [2.45, 2.75) is 11.1 Å². The monoisotopic (exact) mass is 448 g/mol. The van der Waals surface area contributed by atoms with Gasteiger partial charge in [-0.3, -0.25) is 4.90 Å². The zero-order valence-corrected chi connectivity index (χ0v) is 16.9. The number of hydrogen-bond acceptors (Lipinski definition) is 5. The van der Waals surface area contributed by atoms with Crippen LogP contribution in [0, 0.1) is 0 Å². The van der Waals surface area contributed by atoms with Crippen LogP contribution < -0.4 is 9.62 Å². The molecule has 1 fully saturated rings. The number of halogens is 4. The topological polar surface area (TPSA) is 65.5 Å². The van der Waals surface area contributed by atoms with Gasteiger partial charge in [-0.25, -0.2) is 18.1 Å². The lowest BCUT2D eigenvalue weighted by atomic mass is 10.2. The summed E-state index contributed by atoms with van der Waals surface area (Å²) in [7, 11) is -3.54. The van der Waals surface area contributed by atoms with Gasteiger partial charge in [-0.1, -0.05) is 29.8 Å². The highest BCUT2D eigenvalue weighted by atomic mass is 35.5. The van der Waals surface area contributed by atoms with E-state index in [1.54, 1.807) is 18.2 Å². The van der Waals surface area contributed by atoms with Gasteiger partial charge in [0.25, 0.3) is 0 Å². The van der Waals surface area contributed by atoms with Crippen LogP contribution in [0.15, 0.2) is 47.5 Å². The Labute approximate surface area is 172 Å². The average Bonchev–Trinajstić information content (AvgIpc) is 2.68. The van der Waals surface area contributed by atoms with Crippen molar-refractivity contribution in [1.82, 2.24) is 14.6 Å². The van der Waals surface area contributed by atoms with Crippen molar-refractivity contribution in [2.75, 3.05) is 44.2 Å². The number of alkyl halides is 3. The maximum atomic E-state index is 12.7. The zero-order chi connectivity index (χ0) is 21.1. The molecule has 0 unspecified atom stereocenters. The Hall–Kier alpha value is -1.88. The minimum absolute atomic E-state index is 0.0381. The number of nitrogens with zero attached hydrogens (tertiary/aromatic N) is 3. The molecule has 0 amide bonds. The largest absolute Gasteiger partial charge is 0.417 e. The highest BCUT2D eigenvalue weighted by Crippen LogP contribution is 2.33. The molecule has 3 rings (SSSR count). The molecule has 1 N–H and O–H groups in total. The lowest BCUT2D eigenvalue weighted by Crippen LogP contribution is -2.48. The number of sulfonamides is 1. The molecule has 29 heavy (non-hydrogen) atoms. The van der Waals surface area contributed by atoms with E-state index < -0.39 is 21.8 Å². The molecule has 0 spiro atoms. The summed E-state index contributed by atoms with van der Waals surface area (Å²) in [5, 5.41) is -0.0381. The standard InChI is InChI=1S/C18H20ClF3N4O2S/c19-16-12-14(18(20,21)22)13-23-17(16)26-10-8-25(9-11-26)7-6-24-29(27,28)15-4-2-1-3-5-15/h1-5,12-13,24H,6-11H2. The van der Waals surface area contributed by atoms with E-state index in [1.165, 1.54) is 12.1 Å². The van der Waals surface area contributed by atoms with Crippen molar-refractivity contribution >= 4 is 27.4 Å². The van der Waals surface area contributed by atoms with E-state index in [2.05, 4.69) is 14.6 Å². The first kappa shape index (κ1) is 21.8. The number of rotatable bonds is 6. The van der Waals surface area contributed by atoms with Gasteiger partial charge in [0, 0.05) is 45.5 Å². The number of piperazine rings is 1. The predicted molar refractivity (Wildman–Crippen MR) is 105 cm³/mol. The van der Waals surface area contributed by atoms with Gasteiger partial charge in [0.2, 0.25) is 10.0 Å². The molecule has 0 atom stereocenters. The molecule has 2 heterocycles. The molecule has 0 bridgehead atoms.